The average molecular weight is 375 g/mol. The first-order valence-corrected chi connectivity index (χ1v) is 8.51. The normalized spacial score (nSPS) is 16.9. The van der Waals surface area contributed by atoms with E-state index in [-0.39, 0.29) is 36.2 Å². The number of aromatic nitrogens is 1. The van der Waals surface area contributed by atoms with E-state index >= 15 is 0 Å². The van der Waals surface area contributed by atoms with Gasteiger partial charge in [0.1, 0.15) is 17.7 Å². The van der Waals surface area contributed by atoms with Crippen LogP contribution in [0.3, 0.4) is 0 Å². The summed E-state index contributed by atoms with van der Waals surface area (Å²) in [5.74, 6) is -1.91. The van der Waals surface area contributed by atoms with Crippen molar-refractivity contribution in [2.24, 2.45) is 0 Å². The van der Waals surface area contributed by atoms with E-state index in [1.165, 1.54) is 31.2 Å². The second-order valence-electron chi connectivity index (χ2n) is 6.15. The number of hydrogen-bond donors (Lipinski definition) is 1. The maximum atomic E-state index is 14.0. The molecule has 1 aliphatic rings. The molecule has 0 spiro atoms. The Morgan fingerprint density at radius 2 is 1.93 bits per heavy atom. The van der Waals surface area contributed by atoms with Crippen molar-refractivity contribution in [1.29, 1.82) is 0 Å². The van der Waals surface area contributed by atoms with Crippen LogP contribution in [0.1, 0.15) is 18.7 Å². The molecule has 0 bridgehead atoms. The van der Waals surface area contributed by atoms with Crippen molar-refractivity contribution in [3.63, 3.8) is 0 Å². The number of nitrogens with zero attached hydrogens (tertiary/aromatic N) is 2. The highest BCUT2D eigenvalue weighted by Gasteiger charge is 2.26. The molecule has 0 radical (unpaired) electrons. The lowest BCUT2D eigenvalue weighted by molar-refractivity contribution is -0.139. The molecule has 1 N–H and O–H groups in total. The maximum absolute atomic E-state index is 14.0. The lowest BCUT2D eigenvalue weighted by atomic mass is 10.1. The van der Waals surface area contributed by atoms with E-state index in [2.05, 4.69) is 10.3 Å². The highest BCUT2D eigenvalue weighted by atomic mass is 19.1. The van der Waals surface area contributed by atoms with Crippen molar-refractivity contribution in [1.82, 2.24) is 15.2 Å². The number of halogens is 2. The van der Waals surface area contributed by atoms with Gasteiger partial charge in [0.15, 0.2) is 0 Å². The molecular weight excluding hydrogens is 356 g/mol. The van der Waals surface area contributed by atoms with E-state index in [0.717, 1.165) is 0 Å². The summed E-state index contributed by atoms with van der Waals surface area (Å²) in [5, 5.41) is 2.47. The van der Waals surface area contributed by atoms with Crippen LogP contribution >= 0.6 is 0 Å². The summed E-state index contributed by atoms with van der Waals surface area (Å²) in [6, 6.07) is 8.49. The van der Waals surface area contributed by atoms with Gasteiger partial charge in [0, 0.05) is 13.5 Å². The molecule has 1 aromatic carbocycles. The van der Waals surface area contributed by atoms with Crippen LogP contribution in [0.15, 0.2) is 36.4 Å². The van der Waals surface area contributed by atoms with Gasteiger partial charge in [-0.25, -0.2) is 13.8 Å². The summed E-state index contributed by atoms with van der Waals surface area (Å²) >= 11 is 0. The van der Waals surface area contributed by atoms with Gasteiger partial charge in [0.25, 0.3) is 0 Å². The Balaban J connectivity index is 1.78. The van der Waals surface area contributed by atoms with Crippen LogP contribution in [-0.2, 0) is 14.3 Å². The van der Waals surface area contributed by atoms with Gasteiger partial charge in [0.05, 0.1) is 36.6 Å². The molecule has 2 amide bonds. The van der Waals surface area contributed by atoms with E-state index in [4.69, 9.17) is 4.74 Å². The minimum Gasteiger partial charge on any atom is -0.368 e. The van der Waals surface area contributed by atoms with E-state index in [1.807, 2.05) is 0 Å². The van der Waals surface area contributed by atoms with Crippen LogP contribution in [0.4, 0.5) is 8.78 Å². The first-order chi connectivity index (χ1) is 13.0. The lowest BCUT2D eigenvalue weighted by Crippen LogP contribution is -2.46. The number of pyridine rings is 1. The summed E-state index contributed by atoms with van der Waals surface area (Å²) in [6.07, 6.45) is -0.519. The number of carbonyl (C=O) groups is 2. The summed E-state index contributed by atoms with van der Waals surface area (Å²) in [6.45, 7) is 2.20. The Kier molecular flexibility index (Phi) is 5.75. The molecule has 1 atom stereocenters. The first kappa shape index (κ1) is 18.9. The second-order valence-corrected chi connectivity index (χ2v) is 6.15. The zero-order valence-corrected chi connectivity index (χ0v) is 14.7. The molecule has 1 saturated heterocycles. The van der Waals surface area contributed by atoms with Crippen LogP contribution in [0.25, 0.3) is 11.3 Å². The molecule has 2 heterocycles. The monoisotopic (exact) mass is 375 g/mol. The molecule has 0 unspecified atom stereocenters. The van der Waals surface area contributed by atoms with Crippen molar-refractivity contribution < 1.29 is 23.1 Å². The van der Waals surface area contributed by atoms with Crippen LogP contribution < -0.4 is 5.32 Å². The largest absolute Gasteiger partial charge is 0.368 e. The highest BCUT2D eigenvalue weighted by Crippen LogP contribution is 2.27. The summed E-state index contributed by atoms with van der Waals surface area (Å²) < 4.78 is 33.7. The molecular formula is C19H19F2N3O3. The quantitative estimate of drug-likeness (QED) is 0.888. The Morgan fingerprint density at radius 3 is 2.63 bits per heavy atom. The number of nitrogens with one attached hydrogen (secondary N) is 1. The predicted molar refractivity (Wildman–Crippen MR) is 93.5 cm³/mol. The third kappa shape index (κ3) is 4.46. The van der Waals surface area contributed by atoms with E-state index < -0.39 is 17.7 Å². The molecule has 1 fully saturated rings. The molecule has 1 aliphatic heterocycles. The van der Waals surface area contributed by atoms with Gasteiger partial charge in [-0.15, -0.1) is 0 Å². The number of benzene rings is 1. The predicted octanol–water partition coefficient (Wildman–Crippen LogP) is 2.06. The van der Waals surface area contributed by atoms with Gasteiger partial charge in [-0.1, -0.05) is 12.1 Å². The van der Waals surface area contributed by atoms with Gasteiger partial charge < -0.3 is 15.0 Å². The number of ether oxygens (including phenoxy) is 1. The lowest BCUT2D eigenvalue weighted by Gasteiger charge is -2.32. The number of amides is 2. The Bertz CT molecular complexity index is 840. The summed E-state index contributed by atoms with van der Waals surface area (Å²) in [4.78, 5) is 29.1. The zero-order chi connectivity index (χ0) is 19.4. The highest BCUT2D eigenvalue weighted by molar-refractivity contribution is 5.83. The first-order valence-electron chi connectivity index (χ1n) is 8.51. The maximum Gasteiger partial charge on any atom is 0.242 e. The second kappa shape index (κ2) is 8.22. The van der Waals surface area contributed by atoms with Crippen LogP contribution in [-0.4, -0.2) is 47.9 Å². The van der Waals surface area contributed by atoms with Gasteiger partial charge in [-0.2, -0.15) is 0 Å². The van der Waals surface area contributed by atoms with Gasteiger partial charge in [-0.3, -0.25) is 9.59 Å². The van der Waals surface area contributed by atoms with Crippen molar-refractivity contribution in [3.8, 4) is 11.3 Å². The number of rotatable bonds is 4. The molecule has 0 saturated carbocycles. The SMILES string of the molecule is CC(=O)NCC(=O)N1CCO[C@H](c2cccc(-c3c(F)cccc3F)n2)C1. The summed E-state index contributed by atoms with van der Waals surface area (Å²) in [7, 11) is 0. The molecule has 142 valence electrons. The van der Waals surface area contributed by atoms with Gasteiger partial charge in [-0.05, 0) is 24.3 Å². The average Bonchev–Trinajstić information content (AvgIpc) is 2.66. The number of hydrogen-bond acceptors (Lipinski definition) is 4. The molecule has 2 aromatic rings. The zero-order valence-electron chi connectivity index (χ0n) is 14.7. The van der Waals surface area contributed by atoms with E-state index in [1.54, 1.807) is 17.0 Å². The molecule has 3 rings (SSSR count). The van der Waals surface area contributed by atoms with E-state index in [9.17, 15) is 18.4 Å². The van der Waals surface area contributed by atoms with Crippen LogP contribution in [0, 0.1) is 11.6 Å². The Hall–Kier alpha value is -2.87. The number of morpholine rings is 1. The third-order valence-corrected chi connectivity index (χ3v) is 4.23. The van der Waals surface area contributed by atoms with Crippen molar-refractivity contribution in [3.05, 3.63) is 53.7 Å². The minimum atomic E-state index is -0.698. The third-order valence-electron chi connectivity index (χ3n) is 4.23. The Morgan fingerprint density at radius 1 is 1.22 bits per heavy atom. The van der Waals surface area contributed by atoms with Crippen molar-refractivity contribution >= 4 is 11.8 Å². The molecule has 0 aliphatic carbocycles. The van der Waals surface area contributed by atoms with Gasteiger partial charge in [0.2, 0.25) is 11.8 Å². The summed E-state index contributed by atoms with van der Waals surface area (Å²) in [5.41, 5.74) is 0.439. The smallest absolute Gasteiger partial charge is 0.242 e. The minimum absolute atomic E-state index is 0.0873. The fraction of sp³-hybridized carbons (Fsp3) is 0.316. The molecule has 1 aromatic heterocycles. The van der Waals surface area contributed by atoms with Crippen molar-refractivity contribution in [2.75, 3.05) is 26.2 Å². The standard InChI is InChI=1S/C19H19F2N3O3/c1-12(25)22-10-18(26)24-8-9-27-17(11-24)15-6-3-7-16(23-15)19-13(20)4-2-5-14(19)21/h2-7,17H,8-11H2,1H3,(H,22,25)/t17-/m0/s1. The molecule has 8 heteroatoms. The topological polar surface area (TPSA) is 71.5 Å². The molecule has 6 nitrogen and oxygen atoms in total. The van der Waals surface area contributed by atoms with E-state index in [0.29, 0.717) is 18.8 Å². The Labute approximate surface area is 155 Å². The fourth-order valence-electron chi connectivity index (χ4n) is 2.88. The molecule has 27 heavy (non-hydrogen) atoms. The number of carbonyl (C=O) groups excluding carboxylic acids is 2. The van der Waals surface area contributed by atoms with Crippen LogP contribution in [0.2, 0.25) is 0 Å². The fourth-order valence-corrected chi connectivity index (χ4v) is 2.88. The van der Waals surface area contributed by atoms with Crippen molar-refractivity contribution in [2.45, 2.75) is 13.0 Å². The van der Waals surface area contributed by atoms with Gasteiger partial charge >= 0.3 is 0 Å². The van der Waals surface area contributed by atoms with Crippen LogP contribution in [0.5, 0.6) is 0 Å².